The molecule has 0 radical (unpaired) electrons. The lowest BCUT2D eigenvalue weighted by Crippen LogP contribution is -2.13. The van der Waals surface area contributed by atoms with E-state index in [0.717, 1.165) is 29.8 Å². The molecule has 0 saturated carbocycles. The molecule has 3 rings (SSSR count). The van der Waals surface area contributed by atoms with Gasteiger partial charge in [-0.1, -0.05) is 0 Å². The molecule has 1 saturated heterocycles. The zero-order chi connectivity index (χ0) is 11.0. The molecule has 1 aliphatic rings. The smallest absolute Gasteiger partial charge is 0.124 e. The summed E-state index contributed by atoms with van der Waals surface area (Å²) in [5.74, 6) is 0.989. The van der Waals surface area contributed by atoms with Crippen LogP contribution in [-0.2, 0) is 0 Å². The van der Waals surface area contributed by atoms with Crippen LogP contribution in [0.25, 0.3) is 11.0 Å². The largest absolute Gasteiger partial charge is 0.341 e. The minimum atomic E-state index is 0.345. The van der Waals surface area contributed by atoms with Crippen molar-refractivity contribution in [3.05, 3.63) is 29.6 Å². The topological polar surface area (TPSA) is 64.5 Å². The first-order valence-corrected chi connectivity index (χ1v) is 5.50. The number of fused-ring (bicyclic) bond motifs is 1. The van der Waals surface area contributed by atoms with E-state index in [1.54, 1.807) is 6.07 Å². The van der Waals surface area contributed by atoms with Crippen LogP contribution >= 0.6 is 0 Å². The maximum Gasteiger partial charge on any atom is 0.124 e. The Balaban J connectivity index is 2.05. The van der Waals surface area contributed by atoms with Crippen LogP contribution in [0, 0.1) is 11.3 Å². The number of hydrogen-bond donors (Lipinski definition) is 2. The van der Waals surface area contributed by atoms with Gasteiger partial charge in [-0.3, -0.25) is 0 Å². The summed E-state index contributed by atoms with van der Waals surface area (Å²) in [6.07, 6.45) is 2.33. The van der Waals surface area contributed by atoms with Crippen LogP contribution in [0.4, 0.5) is 0 Å². The Bertz CT molecular complexity index is 558. The number of nitriles is 1. The van der Waals surface area contributed by atoms with Crippen LogP contribution in [0.5, 0.6) is 0 Å². The molecule has 0 unspecified atom stereocenters. The number of aromatic nitrogens is 2. The Morgan fingerprint density at radius 2 is 2.38 bits per heavy atom. The third-order valence-electron chi connectivity index (χ3n) is 3.02. The standard InChI is InChI=1S/C12H12N4/c13-7-8-3-4-9-11(6-8)16-12(15-9)10-2-1-5-14-10/h3-4,6,10,14H,1-2,5H2,(H,15,16)/t10-/m0/s1. The summed E-state index contributed by atoms with van der Waals surface area (Å²) in [6.45, 7) is 1.06. The number of nitrogens with zero attached hydrogens (tertiary/aromatic N) is 2. The first kappa shape index (κ1) is 9.37. The SMILES string of the molecule is N#Cc1ccc2nc([C@@H]3CCCN3)[nH]c2c1. The van der Waals surface area contributed by atoms with Gasteiger partial charge >= 0.3 is 0 Å². The summed E-state index contributed by atoms with van der Waals surface area (Å²) in [4.78, 5) is 7.83. The van der Waals surface area contributed by atoms with E-state index < -0.39 is 0 Å². The van der Waals surface area contributed by atoms with Crippen molar-refractivity contribution in [2.75, 3.05) is 6.54 Å². The van der Waals surface area contributed by atoms with Crippen LogP contribution in [0.3, 0.4) is 0 Å². The van der Waals surface area contributed by atoms with Crippen LogP contribution in [0.1, 0.15) is 30.3 Å². The number of aromatic amines is 1. The fourth-order valence-electron chi connectivity index (χ4n) is 2.18. The van der Waals surface area contributed by atoms with E-state index in [1.165, 1.54) is 6.42 Å². The molecule has 0 spiro atoms. The van der Waals surface area contributed by atoms with Crippen LogP contribution in [0.2, 0.25) is 0 Å². The molecule has 1 fully saturated rings. The van der Waals surface area contributed by atoms with Gasteiger partial charge in [-0.15, -0.1) is 0 Å². The molecule has 1 aromatic carbocycles. The maximum absolute atomic E-state index is 8.82. The fraction of sp³-hybridized carbons (Fsp3) is 0.333. The van der Waals surface area contributed by atoms with Crippen molar-refractivity contribution in [1.29, 1.82) is 5.26 Å². The van der Waals surface area contributed by atoms with Gasteiger partial charge in [0.15, 0.2) is 0 Å². The Kier molecular flexibility index (Phi) is 2.12. The molecule has 2 aromatic rings. The predicted octanol–water partition coefficient (Wildman–Crippen LogP) is 1.86. The van der Waals surface area contributed by atoms with Gasteiger partial charge in [0.25, 0.3) is 0 Å². The summed E-state index contributed by atoms with van der Waals surface area (Å²) in [6, 6.07) is 8.02. The number of hydrogen-bond acceptors (Lipinski definition) is 3. The summed E-state index contributed by atoms with van der Waals surface area (Å²) in [5, 5.41) is 12.2. The van der Waals surface area contributed by atoms with E-state index in [0.29, 0.717) is 11.6 Å². The van der Waals surface area contributed by atoms with E-state index >= 15 is 0 Å². The molecule has 4 heteroatoms. The molecule has 80 valence electrons. The van der Waals surface area contributed by atoms with Gasteiger partial charge in [0, 0.05) is 0 Å². The second-order valence-corrected chi connectivity index (χ2v) is 4.11. The molecular weight excluding hydrogens is 200 g/mol. The average Bonchev–Trinajstić information content (AvgIpc) is 2.96. The Morgan fingerprint density at radius 3 is 3.12 bits per heavy atom. The molecular formula is C12H12N4. The van der Waals surface area contributed by atoms with Crippen molar-refractivity contribution < 1.29 is 0 Å². The highest BCUT2D eigenvalue weighted by Gasteiger charge is 2.19. The maximum atomic E-state index is 8.82. The third kappa shape index (κ3) is 1.46. The summed E-state index contributed by atoms with van der Waals surface area (Å²) in [5.41, 5.74) is 2.55. The molecule has 2 heterocycles. The van der Waals surface area contributed by atoms with E-state index in [4.69, 9.17) is 5.26 Å². The van der Waals surface area contributed by atoms with E-state index in [-0.39, 0.29) is 0 Å². The van der Waals surface area contributed by atoms with Gasteiger partial charge in [0.05, 0.1) is 28.7 Å². The Hall–Kier alpha value is -1.86. The quantitative estimate of drug-likeness (QED) is 0.758. The molecule has 1 atom stereocenters. The number of nitrogens with one attached hydrogen (secondary N) is 2. The highest BCUT2D eigenvalue weighted by Crippen LogP contribution is 2.23. The monoisotopic (exact) mass is 212 g/mol. The van der Waals surface area contributed by atoms with Crippen LogP contribution in [0.15, 0.2) is 18.2 Å². The minimum Gasteiger partial charge on any atom is -0.341 e. The third-order valence-corrected chi connectivity index (χ3v) is 3.02. The molecule has 1 aliphatic heterocycles. The fourth-order valence-corrected chi connectivity index (χ4v) is 2.18. The highest BCUT2D eigenvalue weighted by molar-refractivity contribution is 5.76. The lowest BCUT2D eigenvalue weighted by molar-refractivity contribution is 0.614. The number of imidazole rings is 1. The summed E-state index contributed by atoms with van der Waals surface area (Å²) >= 11 is 0. The predicted molar refractivity (Wildman–Crippen MR) is 60.8 cm³/mol. The number of H-pyrrole nitrogens is 1. The van der Waals surface area contributed by atoms with Gasteiger partial charge in [-0.05, 0) is 37.6 Å². The molecule has 0 amide bonds. The lowest BCUT2D eigenvalue weighted by Gasteiger charge is -2.04. The van der Waals surface area contributed by atoms with Gasteiger partial charge in [-0.25, -0.2) is 4.98 Å². The zero-order valence-corrected chi connectivity index (χ0v) is 8.83. The normalized spacial score (nSPS) is 20.1. The van der Waals surface area contributed by atoms with Crippen molar-refractivity contribution in [2.45, 2.75) is 18.9 Å². The second-order valence-electron chi connectivity index (χ2n) is 4.11. The Morgan fingerprint density at radius 1 is 1.44 bits per heavy atom. The summed E-state index contributed by atoms with van der Waals surface area (Å²) < 4.78 is 0. The lowest BCUT2D eigenvalue weighted by atomic mass is 10.2. The average molecular weight is 212 g/mol. The molecule has 0 aliphatic carbocycles. The van der Waals surface area contributed by atoms with Gasteiger partial charge < -0.3 is 10.3 Å². The minimum absolute atomic E-state index is 0.345. The van der Waals surface area contributed by atoms with E-state index in [2.05, 4.69) is 21.4 Å². The number of rotatable bonds is 1. The first-order valence-electron chi connectivity index (χ1n) is 5.50. The van der Waals surface area contributed by atoms with Crippen molar-refractivity contribution in [2.24, 2.45) is 0 Å². The van der Waals surface area contributed by atoms with Crippen LogP contribution < -0.4 is 5.32 Å². The van der Waals surface area contributed by atoms with Gasteiger partial charge in [0.1, 0.15) is 5.82 Å². The molecule has 16 heavy (non-hydrogen) atoms. The number of benzene rings is 1. The zero-order valence-electron chi connectivity index (χ0n) is 8.83. The van der Waals surface area contributed by atoms with E-state index in [1.807, 2.05) is 12.1 Å². The van der Waals surface area contributed by atoms with Crippen molar-refractivity contribution in [3.63, 3.8) is 0 Å². The first-order chi connectivity index (χ1) is 7.86. The second kappa shape index (κ2) is 3.62. The Labute approximate surface area is 93.3 Å². The van der Waals surface area contributed by atoms with E-state index in [9.17, 15) is 0 Å². The van der Waals surface area contributed by atoms with Crippen LogP contribution in [-0.4, -0.2) is 16.5 Å². The van der Waals surface area contributed by atoms with Crippen molar-refractivity contribution in [1.82, 2.24) is 15.3 Å². The molecule has 0 bridgehead atoms. The molecule has 1 aromatic heterocycles. The van der Waals surface area contributed by atoms with Crippen molar-refractivity contribution >= 4 is 11.0 Å². The van der Waals surface area contributed by atoms with Crippen molar-refractivity contribution in [3.8, 4) is 6.07 Å². The molecule has 4 nitrogen and oxygen atoms in total. The highest BCUT2D eigenvalue weighted by atomic mass is 15.0. The van der Waals surface area contributed by atoms with Gasteiger partial charge in [-0.2, -0.15) is 5.26 Å². The van der Waals surface area contributed by atoms with Gasteiger partial charge in [0.2, 0.25) is 0 Å². The summed E-state index contributed by atoms with van der Waals surface area (Å²) in [7, 11) is 0. The molecule has 2 N–H and O–H groups in total.